The molecule has 1 aliphatic heterocycles. The van der Waals surface area contributed by atoms with Crippen LogP contribution in [-0.2, 0) is 11.3 Å². The number of carbonyl (C=O) groups excluding carboxylic acids is 1. The summed E-state index contributed by atoms with van der Waals surface area (Å²) in [5, 5.41) is 5.29. The molecule has 0 N–H and O–H groups in total. The third kappa shape index (κ3) is 4.14. The molecule has 23 heavy (non-hydrogen) atoms. The number of rotatable bonds is 4. The fourth-order valence-electron chi connectivity index (χ4n) is 2.57. The molecule has 0 atom stereocenters. The first kappa shape index (κ1) is 16.1. The Morgan fingerprint density at radius 1 is 1.09 bits per heavy atom. The molecular weight excluding hydrogens is 337 g/mol. The van der Waals surface area contributed by atoms with Crippen molar-refractivity contribution < 1.29 is 4.79 Å². The number of pyridine rings is 1. The first-order valence-corrected chi connectivity index (χ1v) is 8.19. The Morgan fingerprint density at radius 3 is 2.48 bits per heavy atom. The van der Waals surface area contributed by atoms with Crippen LogP contribution in [0.2, 0.25) is 10.0 Å². The highest BCUT2D eigenvalue weighted by molar-refractivity contribution is 6.30. The lowest BCUT2D eigenvalue weighted by Crippen LogP contribution is -2.49. The lowest BCUT2D eigenvalue weighted by molar-refractivity contribution is -0.131. The Kier molecular flexibility index (Phi) is 5.03. The van der Waals surface area contributed by atoms with E-state index in [2.05, 4.69) is 15.0 Å². The minimum absolute atomic E-state index is 0.139. The van der Waals surface area contributed by atoms with Crippen molar-refractivity contribution in [2.24, 2.45) is 0 Å². The highest BCUT2D eigenvalue weighted by atomic mass is 35.5. The maximum absolute atomic E-state index is 12.3. The first-order valence-electron chi connectivity index (χ1n) is 7.44. The van der Waals surface area contributed by atoms with E-state index in [1.807, 2.05) is 17.0 Å². The quantitative estimate of drug-likeness (QED) is 0.846. The monoisotopic (exact) mass is 353 g/mol. The topological polar surface area (TPSA) is 54.3 Å². The van der Waals surface area contributed by atoms with Gasteiger partial charge in [0.05, 0.1) is 16.2 Å². The molecule has 2 aromatic heterocycles. The third-order valence-corrected chi connectivity index (χ3v) is 4.24. The minimum atomic E-state index is 0.139. The number of nitrogens with zero attached hydrogens (tertiary/aromatic N) is 5. The average molecular weight is 354 g/mol. The summed E-state index contributed by atoms with van der Waals surface area (Å²) in [5.74, 6) is 1.04. The number of halogens is 2. The smallest absolute Gasteiger partial charge is 0.224 e. The molecule has 0 saturated carbocycles. The van der Waals surface area contributed by atoms with Gasteiger partial charge in [-0.2, -0.15) is 5.10 Å². The zero-order valence-corrected chi connectivity index (χ0v) is 14.0. The number of hydrogen-bond donors (Lipinski definition) is 0. The van der Waals surface area contributed by atoms with Gasteiger partial charge >= 0.3 is 0 Å². The van der Waals surface area contributed by atoms with E-state index in [-0.39, 0.29) is 5.91 Å². The van der Waals surface area contributed by atoms with Gasteiger partial charge in [-0.05, 0) is 12.1 Å². The van der Waals surface area contributed by atoms with Crippen molar-refractivity contribution in [3.8, 4) is 0 Å². The second-order valence-electron chi connectivity index (χ2n) is 5.37. The average Bonchev–Trinajstić information content (AvgIpc) is 2.99. The Morgan fingerprint density at radius 2 is 1.87 bits per heavy atom. The van der Waals surface area contributed by atoms with E-state index in [0.717, 1.165) is 18.9 Å². The van der Waals surface area contributed by atoms with Crippen molar-refractivity contribution in [2.45, 2.75) is 13.0 Å². The van der Waals surface area contributed by atoms with E-state index in [9.17, 15) is 4.79 Å². The van der Waals surface area contributed by atoms with Crippen LogP contribution in [0.15, 0.2) is 30.7 Å². The highest BCUT2D eigenvalue weighted by Crippen LogP contribution is 2.16. The van der Waals surface area contributed by atoms with Crippen LogP contribution in [0.5, 0.6) is 0 Å². The molecule has 1 fully saturated rings. The summed E-state index contributed by atoms with van der Waals surface area (Å²) in [5.41, 5.74) is 0. The van der Waals surface area contributed by atoms with E-state index in [4.69, 9.17) is 23.2 Å². The van der Waals surface area contributed by atoms with Gasteiger partial charge in [-0.3, -0.25) is 9.48 Å². The summed E-state index contributed by atoms with van der Waals surface area (Å²) in [6.45, 7) is 3.48. The number of aromatic nitrogens is 3. The summed E-state index contributed by atoms with van der Waals surface area (Å²) in [6.07, 6.45) is 5.36. The molecule has 1 amide bonds. The maximum Gasteiger partial charge on any atom is 0.224 e. The molecule has 122 valence electrons. The first-order chi connectivity index (χ1) is 11.1. The Balaban J connectivity index is 1.48. The predicted molar refractivity (Wildman–Crippen MR) is 89.9 cm³/mol. The van der Waals surface area contributed by atoms with Gasteiger partial charge in [-0.25, -0.2) is 4.98 Å². The number of piperazine rings is 1. The van der Waals surface area contributed by atoms with Gasteiger partial charge in [0.1, 0.15) is 5.82 Å². The van der Waals surface area contributed by atoms with Crippen molar-refractivity contribution in [1.82, 2.24) is 19.7 Å². The fraction of sp³-hybridized carbons (Fsp3) is 0.400. The maximum atomic E-state index is 12.3. The standard InChI is InChI=1S/C15H17Cl2N5O/c16-12-1-2-14(18-9-12)20-5-7-21(8-6-20)15(23)3-4-22-11-13(17)10-19-22/h1-2,9-11H,3-8H2. The normalized spacial score (nSPS) is 15.0. The van der Waals surface area contributed by atoms with E-state index >= 15 is 0 Å². The van der Waals surface area contributed by atoms with Gasteiger partial charge in [-0.15, -0.1) is 0 Å². The summed E-state index contributed by atoms with van der Waals surface area (Å²) >= 11 is 11.7. The Hall–Kier alpha value is -1.79. The number of anilines is 1. The SMILES string of the molecule is O=C(CCn1cc(Cl)cn1)N1CCN(c2ccc(Cl)cn2)CC1. The van der Waals surface area contributed by atoms with Gasteiger partial charge in [0.25, 0.3) is 0 Å². The van der Waals surface area contributed by atoms with Crippen molar-refractivity contribution in [1.29, 1.82) is 0 Å². The second kappa shape index (κ2) is 7.19. The second-order valence-corrected chi connectivity index (χ2v) is 6.25. The Labute approximate surface area is 144 Å². The van der Waals surface area contributed by atoms with Crippen molar-refractivity contribution in [3.05, 3.63) is 40.8 Å². The van der Waals surface area contributed by atoms with E-state index in [1.165, 1.54) is 0 Å². The highest BCUT2D eigenvalue weighted by Gasteiger charge is 2.21. The van der Waals surface area contributed by atoms with Gasteiger partial charge in [-0.1, -0.05) is 23.2 Å². The number of aryl methyl sites for hydroxylation is 1. The van der Waals surface area contributed by atoms with E-state index in [0.29, 0.717) is 36.1 Å². The van der Waals surface area contributed by atoms with Crippen LogP contribution in [0, 0.1) is 0 Å². The molecule has 1 aliphatic rings. The van der Waals surface area contributed by atoms with Crippen LogP contribution < -0.4 is 4.90 Å². The van der Waals surface area contributed by atoms with Crippen LogP contribution in [0.25, 0.3) is 0 Å². The molecule has 0 aromatic carbocycles. The minimum Gasteiger partial charge on any atom is -0.353 e. The molecule has 3 rings (SSSR count). The van der Waals surface area contributed by atoms with Crippen molar-refractivity contribution in [3.63, 3.8) is 0 Å². The van der Waals surface area contributed by atoms with Gasteiger partial charge in [0.2, 0.25) is 5.91 Å². The number of amides is 1. The molecular formula is C15H17Cl2N5O. The zero-order chi connectivity index (χ0) is 16.2. The number of carbonyl (C=O) groups is 1. The van der Waals surface area contributed by atoms with Gasteiger partial charge < -0.3 is 9.80 Å². The van der Waals surface area contributed by atoms with Crippen LogP contribution >= 0.6 is 23.2 Å². The molecule has 3 heterocycles. The fourth-order valence-corrected chi connectivity index (χ4v) is 2.84. The Bertz CT molecular complexity index is 665. The van der Waals surface area contributed by atoms with Crippen LogP contribution in [0.1, 0.15) is 6.42 Å². The van der Waals surface area contributed by atoms with Gasteiger partial charge in [0.15, 0.2) is 0 Å². The van der Waals surface area contributed by atoms with Crippen LogP contribution in [0.3, 0.4) is 0 Å². The van der Waals surface area contributed by atoms with Crippen molar-refractivity contribution >= 4 is 34.9 Å². The molecule has 1 saturated heterocycles. The molecule has 0 unspecified atom stereocenters. The lowest BCUT2D eigenvalue weighted by atomic mass is 10.2. The molecule has 2 aromatic rings. The molecule has 0 bridgehead atoms. The lowest BCUT2D eigenvalue weighted by Gasteiger charge is -2.35. The molecule has 8 heteroatoms. The van der Waals surface area contributed by atoms with Gasteiger partial charge in [0, 0.05) is 51.5 Å². The summed E-state index contributed by atoms with van der Waals surface area (Å²) in [6, 6.07) is 3.73. The van der Waals surface area contributed by atoms with E-state index in [1.54, 1.807) is 23.3 Å². The van der Waals surface area contributed by atoms with E-state index < -0.39 is 0 Å². The molecule has 0 aliphatic carbocycles. The van der Waals surface area contributed by atoms with Crippen LogP contribution in [-0.4, -0.2) is 51.8 Å². The van der Waals surface area contributed by atoms with Crippen LogP contribution in [0.4, 0.5) is 5.82 Å². The summed E-state index contributed by atoms with van der Waals surface area (Å²) < 4.78 is 1.69. The number of hydrogen-bond acceptors (Lipinski definition) is 4. The largest absolute Gasteiger partial charge is 0.353 e. The molecule has 0 radical (unpaired) electrons. The molecule has 0 spiro atoms. The van der Waals surface area contributed by atoms with Crippen molar-refractivity contribution in [2.75, 3.05) is 31.1 Å². The predicted octanol–water partition coefficient (Wildman–Crippen LogP) is 2.32. The molecule has 6 nitrogen and oxygen atoms in total. The third-order valence-electron chi connectivity index (χ3n) is 3.82. The summed E-state index contributed by atoms with van der Waals surface area (Å²) in [7, 11) is 0. The zero-order valence-electron chi connectivity index (χ0n) is 12.5. The summed E-state index contributed by atoms with van der Waals surface area (Å²) in [4.78, 5) is 20.6.